The molecular weight excluding hydrogens is 202 g/mol. The Hall–Kier alpha value is -0.770. The van der Waals surface area contributed by atoms with Crippen LogP contribution in [-0.2, 0) is 4.74 Å². The van der Waals surface area contributed by atoms with Crippen LogP contribution in [0, 0.1) is 5.41 Å². The van der Waals surface area contributed by atoms with E-state index >= 15 is 0 Å². The van der Waals surface area contributed by atoms with Gasteiger partial charge >= 0.3 is 0 Å². The van der Waals surface area contributed by atoms with Crippen LogP contribution in [0.15, 0.2) is 4.99 Å². The zero-order valence-electron chi connectivity index (χ0n) is 11.3. The maximum absolute atomic E-state index is 5.79. The van der Waals surface area contributed by atoms with Crippen LogP contribution in [0.4, 0.5) is 0 Å². The minimum absolute atomic E-state index is 0.137. The van der Waals surface area contributed by atoms with Crippen LogP contribution in [-0.4, -0.2) is 32.3 Å². The van der Waals surface area contributed by atoms with Crippen LogP contribution in [0.3, 0.4) is 0 Å². The van der Waals surface area contributed by atoms with Crippen molar-refractivity contribution in [3.63, 3.8) is 0 Å². The Morgan fingerprint density at radius 2 is 2.12 bits per heavy atom. The van der Waals surface area contributed by atoms with Crippen LogP contribution in [0.25, 0.3) is 0 Å². The molecule has 0 amide bonds. The van der Waals surface area contributed by atoms with Crippen molar-refractivity contribution in [2.45, 2.75) is 46.6 Å². The maximum Gasteiger partial charge on any atom is 0.188 e. The summed E-state index contributed by atoms with van der Waals surface area (Å²) in [5.41, 5.74) is 5.93. The lowest BCUT2D eigenvalue weighted by Gasteiger charge is -2.22. The molecule has 0 aromatic carbocycles. The molecule has 1 atom stereocenters. The highest BCUT2D eigenvalue weighted by molar-refractivity contribution is 5.78. The highest BCUT2D eigenvalue weighted by Gasteiger charge is 2.17. The van der Waals surface area contributed by atoms with Crippen molar-refractivity contribution in [2.24, 2.45) is 16.1 Å². The molecule has 0 bridgehead atoms. The molecule has 1 unspecified atom stereocenters. The van der Waals surface area contributed by atoms with Gasteiger partial charge < -0.3 is 15.8 Å². The zero-order chi connectivity index (χ0) is 12.6. The quantitative estimate of drug-likeness (QED) is 0.516. The lowest BCUT2D eigenvalue weighted by molar-refractivity contribution is 0.155. The Kier molecular flexibility index (Phi) is 7.13. The fraction of sp³-hybridized carbons (Fsp3) is 0.917. The van der Waals surface area contributed by atoms with Crippen LogP contribution < -0.4 is 11.1 Å². The summed E-state index contributed by atoms with van der Waals surface area (Å²) in [6.45, 7) is 10.1. The standard InChI is InChI=1S/C12H27N3O/c1-6-10(2)15-11(13)14-9-12(3,4)7-8-16-5/h10H,6-9H2,1-5H3,(H3,13,14,15). The highest BCUT2D eigenvalue weighted by Crippen LogP contribution is 2.20. The summed E-state index contributed by atoms with van der Waals surface area (Å²) in [4.78, 5) is 4.36. The minimum Gasteiger partial charge on any atom is -0.385 e. The maximum atomic E-state index is 5.79. The van der Waals surface area contributed by atoms with E-state index in [-0.39, 0.29) is 5.41 Å². The first kappa shape index (κ1) is 15.2. The van der Waals surface area contributed by atoms with Gasteiger partial charge in [0.1, 0.15) is 0 Å². The van der Waals surface area contributed by atoms with Gasteiger partial charge in [-0.25, -0.2) is 0 Å². The van der Waals surface area contributed by atoms with Crippen molar-refractivity contribution < 1.29 is 4.74 Å². The molecule has 0 saturated heterocycles. The topological polar surface area (TPSA) is 59.6 Å². The summed E-state index contributed by atoms with van der Waals surface area (Å²) in [5.74, 6) is 0.542. The zero-order valence-corrected chi connectivity index (χ0v) is 11.3. The molecule has 0 spiro atoms. The third kappa shape index (κ3) is 7.51. The van der Waals surface area contributed by atoms with Crippen molar-refractivity contribution in [1.29, 1.82) is 0 Å². The third-order valence-corrected chi connectivity index (χ3v) is 2.67. The molecule has 0 aliphatic heterocycles. The van der Waals surface area contributed by atoms with E-state index in [2.05, 4.69) is 38.0 Å². The van der Waals surface area contributed by atoms with Crippen molar-refractivity contribution >= 4 is 5.96 Å². The van der Waals surface area contributed by atoms with E-state index in [9.17, 15) is 0 Å². The molecule has 0 rings (SSSR count). The third-order valence-electron chi connectivity index (χ3n) is 2.67. The van der Waals surface area contributed by atoms with Gasteiger partial charge in [-0.15, -0.1) is 0 Å². The molecule has 4 heteroatoms. The Bertz CT molecular complexity index is 214. The van der Waals surface area contributed by atoms with Gasteiger partial charge in [-0.05, 0) is 25.2 Å². The van der Waals surface area contributed by atoms with Crippen LogP contribution in [0.1, 0.15) is 40.5 Å². The smallest absolute Gasteiger partial charge is 0.188 e. The number of guanidine groups is 1. The van der Waals surface area contributed by atoms with Gasteiger partial charge in [0, 0.05) is 26.3 Å². The summed E-state index contributed by atoms with van der Waals surface area (Å²) in [6, 6.07) is 0.380. The van der Waals surface area contributed by atoms with Gasteiger partial charge in [0.15, 0.2) is 5.96 Å². The highest BCUT2D eigenvalue weighted by atomic mass is 16.5. The number of hydrogen-bond donors (Lipinski definition) is 2. The SMILES string of the molecule is CCC(C)NC(N)=NCC(C)(C)CCOC. The van der Waals surface area contributed by atoms with E-state index in [1.165, 1.54) is 0 Å². The Balaban J connectivity index is 4.03. The number of nitrogens with zero attached hydrogens (tertiary/aromatic N) is 1. The molecule has 0 aromatic rings. The molecule has 3 N–H and O–H groups in total. The minimum atomic E-state index is 0.137. The van der Waals surface area contributed by atoms with E-state index in [0.717, 1.165) is 26.0 Å². The van der Waals surface area contributed by atoms with Gasteiger partial charge in [0.2, 0.25) is 0 Å². The molecule has 0 aliphatic rings. The largest absolute Gasteiger partial charge is 0.385 e. The second kappa shape index (κ2) is 7.49. The summed E-state index contributed by atoms with van der Waals surface area (Å²) in [7, 11) is 1.72. The molecule has 96 valence electrons. The Morgan fingerprint density at radius 3 is 2.62 bits per heavy atom. The summed E-state index contributed by atoms with van der Waals surface area (Å²) >= 11 is 0. The van der Waals surface area contributed by atoms with Gasteiger partial charge in [0.25, 0.3) is 0 Å². The molecule has 0 saturated carbocycles. The molecular formula is C12H27N3O. The fourth-order valence-electron chi connectivity index (χ4n) is 1.16. The van der Waals surface area contributed by atoms with Crippen LogP contribution in [0.2, 0.25) is 0 Å². The molecule has 0 radical (unpaired) electrons. The average molecular weight is 229 g/mol. The second-order valence-corrected chi connectivity index (χ2v) is 5.06. The molecule has 0 heterocycles. The first-order chi connectivity index (χ1) is 7.41. The molecule has 0 aliphatic carbocycles. The fourth-order valence-corrected chi connectivity index (χ4v) is 1.16. The van der Waals surface area contributed by atoms with Gasteiger partial charge in [-0.3, -0.25) is 4.99 Å². The number of methoxy groups -OCH3 is 1. The number of rotatable bonds is 7. The van der Waals surface area contributed by atoms with E-state index in [0.29, 0.717) is 12.0 Å². The molecule has 0 fully saturated rings. The number of aliphatic imine (C=N–C) groups is 1. The number of hydrogen-bond acceptors (Lipinski definition) is 2. The Labute approximate surface area is 99.7 Å². The van der Waals surface area contributed by atoms with E-state index in [1.807, 2.05) is 0 Å². The van der Waals surface area contributed by atoms with Crippen LogP contribution >= 0.6 is 0 Å². The monoisotopic (exact) mass is 229 g/mol. The van der Waals surface area contributed by atoms with E-state index < -0.39 is 0 Å². The van der Waals surface area contributed by atoms with Crippen LogP contribution in [0.5, 0.6) is 0 Å². The van der Waals surface area contributed by atoms with Crippen molar-refractivity contribution in [3.8, 4) is 0 Å². The van der Waals surface area contributed by atoms with Crippen molar-refractivity contribution in [3.05, 3.63) is 0 Å². The number of ether oxygens (including phenoxy) is 1. The van der Waals surface area contributed by atoms with E-state index in [4.69, 9.17) is 10.5 Å². The van der Waals surface area contributed by atoms with Gasteiger partial charge in [0.05, 0.1) is 0 Å². The molecule has 16 heavy (non-hydrogen) atoms. The van der Waals surface area contributed by atoms with Crippen molar-refractivity contribution in [1.82, 2.24) is 5.32 Å². The lowest BCUT2D eigenvalue weighted by atomic mass is 9.90. The Morgan fingerprint density at radius 1 is 1.50 bits per heavy atom. The predicted octanol–water partition coefficient (Wildman–Crippen LogP) is 1.75. The number of nitrogens with two attached hydrogens (primary N) is 1. The average Bonchev–Trinajstić information content (AvgIpc) is 2.24. The summed E-state index contributed by atoms with van der Waals surface area (Å²) < 4.78 is 5.07. The first-order valence-electron chi connectivity index (χ1n) is 5.96. The van der Waals surface area contributed by atoms with Gasteiger partial charge in [-0.1, -0.05) is 20.8 Å². The molecule has 0 aromatic heterocycles. The number of nitrogens with one attached hydrogen (secondary N) is 1. The summed E-state index contributed by atoms with van der Waals surface area (Å²) in [6.07, 6.45) is 2.03. The summed E-state index contributed by atoms with van der Waals surface area (Å²) in [5, 5.41) is 3.15. The van der Waals surface area contributed by atoms with Gasteiger partial charge in [-0.2, -0.15) is 0 Å². The normalized spacial score (nSPS) is 14.9. The first-order valence-corrected chi connectivity index (χ1v) is 5.96. The molecule has 4 nitrogen and oxygen atoms in total. The van der Waals surface area contributed by atoms with Crippen molar-refractivity contribution in [2.75, 3.05) is 20.3 Å². The van der Waals surface area contributed by atoms with E-state index in [1.54, 1.807) is 7.11 Å². The lowest BCUT2D eigenvalue weighted by Crippen LogP contribution is -2.38. The second-order valence-electron chi connectivity index (χ2n) is 5.06. The predicted molar refractivity (Wildman–Crippen MR) is 69.7 cm³/mol.